The van der Waals surface area contributed by atoms with E-state index in [9.17, 15) is 5.26 Å². The molecule has 0 unspecified atom stereocenters. The molecule has 1 aromatic heterocycles. The van der Waals surface area contributed by atoms with Gasteiger partial charge in [0.25, 0.3) is 0 Å². The van der Waals surface area contributed by atoms with Gasteiger partial charge < -0.3 is 10.1 Å². The van der Waals surface area contributed by atoms with Crippen LogP contribution in [0.25, 0.3) is 10.9 Å². The second-order valence-electron chi connectivity index (χ2n) is 5.38. The molecule has 0 aliphatic carbocycles. The SMILES string of the molecule is CNc1ccc(Cl)c(COc2cccc3ccc(C)nc23)c1C#N. The first-order valence-corrected chi connectivity index (χ1v) is 7.90. The van der Waals surface area contributed by atoms with Crippen molar-refractivity contribution in [3.8, 4) is 11.8 Å². The number of hydrogen-bond acceptors (Lipinski definition) is 4. The number of benzene rings is 2. The highest BCUT2D eigenvalue weighted by molar-refractivity contribution is 6.31. The number of pyridine rings is 1. The Hall–Kier alpha value is -2.77. The maximum absolute atomic E-state index is 9.44. The number of aromatic nitrogens is 1. The Morgan fingerprint density at radius 3 is 2.79 bits per heavy atom. The van der Waals surface area contributed by atoms with Crippen LogP contribution in [0.5, 0.6) is 5.75 Å². The summed E-state index contributed by atoms with van der Waals surface area (Å²) in [4.78, 5) is 4.55. The van der Waals surface area contributed by atoms with Gasteiger partial charge in [0.2, 0.25) is 0 Å². The second-order valence-corrected chi connectivity index (χ2v) is 5.79. The van der Waals surface area contributed by atoms with Crippen LogP contribution in [0.3, 0.4) is 0 Å². The van der Waals surface area contributed by atoms with Crippen LogP contribution in [-0.4, -0.2) is 12.0 Å². The van der Waals surface area contributed by atoms with Gasteiger partial charge in [-0.2, -0.15) is 5.26 Å². The predicted molar refractivity (Wildman–Crippen MR) is 96.5 cm³/mol. The Bertz CT molecular complexity index is 947. The molecular formula is C19H16ClN3O. The number of aryl methyl sites for hydroxylation is 1. The number of ether oxygens (including phenoxy) is 1. The summed E-state index contributed by atoms with van der Waals surface area (Å²) in [6, 6.07) is 15.5. The van der Waals surface area contributed by atoms with Crippen molar-refractivity contribution >= 4 is 28.2 Å². The monoisotopic (exact) mass is 337 g/mol. The molecule has 0 saturated carbocycles. The molecule has 0 aliphatic heterocycles. The largest absolute Gasteiger partial charge is 0.487 e. The number of para-hydroxylation sites is 1. The van der Waals surface area contributed by atoms with Gasteiger partial charge in [-0.15, -0.1) is 0 Å². The molecule has 0 saturated heterocycles. The van der Waals surface area contributed by atoms with E-state index in [0.29, 0.717) is 21.9 Å². The molecule has 120 valence electrons. The van der Waals surface area contributed by atoms with Crippen LogP contribution in [0, 0.1) is 18.3 Å². The lowest BCUT2D eigenvalue weighted by molar-refractivity contribution is 0.309. The lowest BCUT2D eigenvalue weighted by Gasteiger charge is -2.13. The van der Waals surface area contributed by atoms with Crippen molar-refractivity contribution in [1.82, 2.24) is 4.98 Å². The molecule has 1 N–H and O–H groups in total. The summed E-state index contributed by atoms with van der Waals surface area (Å²) in [5.74, 6) is 0.672. The molecule has 0 amide bonds. The first-order chi connectivity index (χ1) is 11.6. The van der Waals surface area contributed by atoms with E-state index in [1.54, 1.807) is 19.2 Å². The highest BCUT2D eigenvalue weighted by Crippen LogP contribution is 2.29. The van der Waals surface area contributed by atoms with E-state index >= 15 is 0 Å². The fraction of sp³-hybridized carbons (Fsp3) is 0.158. The number of nitrogens with zero attached hydrogens (tertiary/aromatic N) is 2. The molecule has 2 aromatic carbocycles. The standard InChI is InChI=1S/C19H16ClN3O/c1-12-6-7-13-4-3-5-18(19(13)23-12)24-11-15-14(10-21)17(22-2)9-8-16(15)20/h3-9,22H,11H2,1-2H3. The summed E-state index contributed by atoms with van der Waals surface area (Å²) in [7, 11) is 1.77. The molecule has 0 aliphatic rings. The smallest absolute Gasteiger partial charge is 0.146 e. The summed E-state index contributed by atoms with van der Waals surface area (Å²) in [6.45, 7) is 2.14. The van der Waals surface area contributed by atoms with Gasteiger partial charge in [0.05, 0.1) is 11.3 Å². The minimum absolute atomic E-state index is 0.200. The Morgan fingerprint density at radius 2 is 2.04 bits per heavy atom. The number of hydrogen-bond donors (Lipinski definition) is 1. The zero-order valence-corrected chi connectivity index (χ0v) is 14.2. The average Bonchev–Trinajstić information content (AvgIpc) is 2.60. The minimum atomic E-state index is 0.200. The molecule has 3 aromatic rings. The summed E-state index contributed by atoms with van der Waals surface area (Å²) in [5.41, 5.74) is 3.61. The molecule has 0 radical (unpaired) electrons. The van der Waals surface area contributed by atoms with Crippen molar-refractivity contribution in [3.63, 3.8) is 0 Å². The fourth-order valence-corrected chi connectivity index (χ4v) is 2.80. The molecule has 5 heteroatoms. The number of rotatable bonds is 4. The van der Waals surface area contributed by atoms with Gasteiger partial charge in [-0.1, -0.05) is 29.8 Å². The highest BCUT2D eigenvalue weighted by atomic mass is 35.5. The van der Waals surface area contributed by atoms with E-state index in [1.165, 1.54) is 0 Å². The van der Waals surface area contributed by atoms with E-state index in [-0.39, 0.29) is 6.61 Å². The Labute approximate surface area is 145 Å². The molecule has 4 nitrogen and oxygen atoms in total. The van der Waals surface area contributed by atoms with Crippen molar-refractivity contribution < 1.29 is 4.74 Å². The lowest BCUT2D eigenvalue weighted by Crippen LogP contribution is -2.03. The molecule has 0 fully saturated rings. The summed E-state index contributed by atoms with van der Waals surface area (Å²) in [6.07, 6.45) is 0. The molecule has 1 heterocycles. The number of halogens is 1. The van der Waals surface area contributed by atoms with E-state index in [2.05, 4.69) is 16.4 Å². The molecular weight excluding hydrogens is 322 g/mol. The van der Waals surface area contributed by atoms with Gasteiger partial charge in [-0.25, -0.2) is 4.98 Å². The number of nitriles is 1. The molecule has 0 atom stereocenters. The molecule has 24 heavy (non-hydrogen) atoms. The molecule has 3 rings (SSSR count). The Balaban J connectivity index is 1.98. The quantitative estimate of drug-likeness (QED) is 0.750. The highest BCUT2D eigenvalue weighted by Gasteiger charge is 2.13. The van der Waals surface area contributed by atoms with Crippen LogP contribution in [0.15, 0.2) is 42.5 Å². The van der Waals surface area contributed by atoms with Gasteiger partial charge >= 0.3 is 0 Å². The van der Waals surface area contributed by atoms with Gasteiger partial charge in [0.1, 0.15) is 23.9 Å². The summed E-state index contributed by atoms with van der Waals surface area (Å²) >= 11 is 6.27. The van der Waals surface area contributed by atoms with Crippen LogP contribution in [0.2, 0.25) is 5.02 Å². The van der Waals surface area contributed by atoms with Crippen LogP contribution < -0.4 is 10.1 Å². The first kappa shape index (κ1) is 16.1. The normalized spacial score (nSPS) is 10.4. The lowest BCUT2D eigenvalue weighted by atomic mass is 10.1. The fourth-order valence-electron chi connectivity index (χ4n) is 2.58. The topological polar surface area (TPSA) is 57.9 Å². The maximum atomic E-state index is 9.44. The minimum Gasteiger partial charge on any atom is -0.487 e. The zero-order chi connectivity index (χ0) is 17.1. The average molecular weight is 338 g/mol. The second kappa shape index (κ2) is 6.77. The number of fused-ring (bicyclic) bond motifs is 1. The van der Waals surface area contributed by atoms with E-state index in [4.69, 9.17) is 16.3 Å². The van der Waals surface area contributed by atoms with E-state index in [0.717, 1.165) is 22.3 Å². The van der Waals surface area contributed by atoms with Crippen LogP contribution >= 0.6 is 11.6 Å². The zero-order valence-electron chi connectivity index (χ0n) is 13.4. The van der Waals surface area contributed by atoms with Crippen molar-refractivity contribution in [1.29, 1.82) is 5.26 Å². The first-order valence-electron chi connectivity index (χ1n) is 7.52. The van der Waals surface area contributed by atoms with Crippen LogP contribution in [-0.2, 0) is 6.61 Å². The van der Waals surface area contributed by atoms with Gasteiger partial charge in [0.15, 0.2) is 0 Å². The van der Waals surface area contributed by atoms with E-state index in [1.807, 2.05) is 37.3 Å². The number of nitrogens with one attached hydrogen (secondary N) is 1. The van der Waals surface area contributed by atoms with Gasteiger partial charge in [0, 0.05) is 28.7 Å². The van der Waals surface area contributed by atoms with Gasteiger partial charge in [-0.3, -0.25) is 0 Å². The van der Waals surface area contributed by atoms with Gasteiger partial charge in [-0.05, 0) is 31.2 Å². The van der Waals surface area contributed by atoms with Crippen molar-refractivity contribution in [2.45, 2.75) is 13.5 Å². The molecule has 0 bridgehead atoms. The van der Waals surface area contributed by atoms with Crippen molar-refractivity contribution in [3.05, 3.63) is 64.3 Å². The summed E-state index contributed by atoms with van der Waals surface area (Å²) in [5, 5.41) is 14.0. The van der Waals surface area contributed by atoms with Crippen molar-refractivity contribution in [2.24, 2.45) is 0 Å². The Kier molecular flexibility index (Phi) is 4.54. The Morgan fingerprint density at radius 1 is 1.21 bits per heavy atom. The summed E-state index contributed by atoms with van der Waals surface area (Å²) < 4.78 is 5.96. The third-order valence-electron chi connectivity index (χ3n) is 3.83. The van der Waals surface area contributed by atoms with Crippen molar-refractivity contribution in [2.75, 3.05) is 12.4 Å². The predicted octanol–water partition coefficient (Wildman–Crippen LogP) is 4.69. The maximum Gasteiger partial charge on any atom is 0.146 e. The van der Waals surface area contributed by atoms with E-state index < -0.39 is 0 Å². The third kappa shape index (κ3) is 2.99. The van der Waals surface area contributed by atoms with Crippen LogP contribution in [0.4, 0.5) is 5.69 Å². The molecule has 0 spiro atoms. The third-order valence-corrected chi connectivity index (χ3v) is 4.19. The number of anilines is 1. The van der Waals surface area contributed by atoms with Crippen LogP contribution in [0.1, 0.15) is 16.8 Å².